The van der Waals surface area contributed by atoms with Crippen LogP contribution in [0, 0.1) is 5.82 Å². The molecule has 0 saturated carbocycles. The summed E-state index contributed by atoms with van der Waals surface area (Å²) in [6.45, 7) is 1.45. The first-order valence-corrected chi connectivity index (χ1v) is 6.07. The van der Waals surface area contributed by atoms with Crippen molar-refractivity contribution in [3.05, 3.63) is 41.1 Å². The molecule has 0 fully saturated rings. The lowest BCUT2D eigenvalue weighted by atomic mass is 9.99. The van der Waals surface area contributed by atoms with Gasteiger partial charge in [-0.2, -0.15) is 0 Å². The molecule has 1 aromatic carbocycles. The minimum absolute atomic E-state index is 0.137. The van der Waals surface area contributed by atoms with Crippen molar-refractivity contribution in [1.82, 2.24) is 0 Å². The number of nitrogens with one attached hydrogen (secondary N) is 1. The Morgan fingerprint density at radius 3 is 3.00 bits per heavy atom. The van der Waals surface area contributed by atoms with Gasteiger partial charge < -0.3 is 5.32 Å². The zero-order chi connectivity index (χ0) is 11.5. The van der Waals surface area contributed by atoms with Gasteiger partial charge in [0.1, 0.15) is 5.82 Å². The molecule has 2 nitrogen and oxygen atoms in total. The summed E-state index contributed by atoms with van der Waals surface area (Å²) in [5, 5.41) is 4.74. The van der Waals surface area contributed by atoms with Crippen LogP contribution in [0.15, 0.2) is 29.7 Å². The highest BCUT2D eigenvalue weighted by Crippen LogP contribution is 2.34. The second-order valence-corrected chi connectivity index (χ2v) is 4.62. The fourth-order valence-electron chi connectivity index (χ4n) is 1.70. The van der Waals surface area contributed by atoms with Crippen LogP contribution in [-0.2, 0) is 4.79 Å². The lowest BCUT2D eigenvalue weighted by molar-refractivity contribution is -0.114. The number of rotatable bonds is 2. The number of halogens is 1. The topological polar surface area (TPSA) is 29.1 Å². The van der Waals surface area contributed by atoms with Gasteiger partial charge in [0.05, 0.1) is 0 Å². The molecule has 0 radical (unpaired) electrons. The van der Waals surface area contributed by atoms with Gasteiger partial charge in [-0.1, -0.05) is 6.08 Å². The van der Waals surface area contributed by atoms with E-state index in [1.54, 1.807) is 17.8 Å². The predicted molar refractivity (Wildman–Crippen MR) is 65.0 cm³/mol. The quantitative estimate of drug-likeness (QED) is 0.856. The van der Waals surface area contributed by atoms with E-state index in [4.69, 9.17) is 0 Å². The smallest absolute Gasteiger partial charge is 0.221 e. The highest BCUT2D eigenvalue weighted by Gasteiger charge is 2.17. The molecule has 1 heterocycles. The predicted octanol–water partition coefficient (Wildman–Crippen LogP) is 3.13. The van der Waals surface area contributed by atoms with Crippen LogP contribution >= 0.6 is 11.8 Å². The van der Waals surface area contributed by atoms with Gasteiger partial charge in [-0.25, -0.2) is 4.39 Å². The molecule has 1 atom stereocenters. The summed E-state index contributed by atoms with van der Waals surface area (Å²) < 4.78 is 13.2. The monoisotopic (exact) mass is 237 g/mol. The van der Waals surface area contributed by atoms with Crippen molar-refractivity contribution in [1.29, 1.82) is 0 Å². The highest BCUT2D eigenvalue weighted by atomic mass is 32.2. The van der Waals surface area contributed by atoms with E-state index in [1.807, 2.05) is 11.5 Å². The third kappa shape index (κ3) is 2.44. The Morgan fingerprint density at radius 1 is 1.56 bits per heavy atom. The zero-order valence-electron chi connectivity index (χ0n) is 8.87. The van der Waals surface area contributed by atoms with Crippen molar-refractivity contribution >= 4 is 23.4 Å². The Hall–Kier alpha value is -1.29. The van der Waals surface area contributed by atoms with Gasteiger partial charge in [-0.3, -0.25) is 4.79 Å². The van der Waals surface area contributed by atoms with Crippen LogP contribution in [-0.4, -0.2) is 11.7 Å². The van der Waals surface area contributed by atoms with Crippen LogP contribution < -0.4 is 5.32 Å². The Kier molecular flexibility index (Phi) is 3.29. The fourth-order valence-corrected chi connectivity index (χ4v) is 2.61. The van der Waals surface area contributed by atoms with Gasteiger partial charge in [0, 0.05) is 24.3 Å². The summed E-state index contributed by atoms with van der Waals surface area (Å²) >= 11 is 1.69. The summed E-state index contributed by atoms with van der Waals surface area (Å²) in [4.78, 5) is 11.0. The Balaban J connectivity index is 2.35. The van der Waals surface area contributed by atoms with Crippen LogP contribution in [0.2, 0.25) is 0 Å². The summed E-state index contributed by atoms with van der Waals surface area (Å²) in [5.41, 5.74) is 1.54. The summed E-state index contributed by atoms with van der Waals surface area (Å²) in [6.07, 6.45) is 2.03. The van der Waals surface area contributed by atoms with Crippen molar-refractivity contribution in [2.24, 2.45) is 0 Å². The molecular weight excluding hydrogens is 225 g/mol. The van der Waals surface area contributed by atoms with Crippen LogP contribution in [0.25, 0.3) is 0 Å². The first-order valence-electron chi connectivity index (χ1n) is 5.02. The number of benzene rings is 1. The maximum Gasteiger partial charge on any atom is 0.221 e. The molecule has 4 heteroatoms. The molecular formula is C12H12FNOS. The van der Waals surface area contributed by atoms with Crippen LogP contribution in [0.1, 0.15) is 18.4 Å². The average Bonchev–Trinajstić information content (AvgIpc) is 2.73. The number of carbonyl (C=O) groups is 1. The Bertz CT molecular complexity index is 445. The van der Waals surface area contributed by atoms with Gasteiger partial charge in [-0.05, 0) is 29.2 Å². The SMILES string of the molecule is CC(=O)Nc1ccc(F)cc1C1C=CSC1. The molecule has 1 aromatic rings. The number of anilines is 1. The van der Waals surface area contributed by atoms with E-state index in [1.165, 1.54) is 19.1 Å². The van der Waals surface area contributed by atoms with Crippen molar-refractivity contribution in [2.45, 2.75) is 12.8 Å². The largest absolute Gasteiger partial charge is 0.326 e. The molecule has 0 spiro atoms. The van der Waals surface area contributed by atoms with Crippen LogP contribution in [0.3, 0.4) is 0 Å². The molecule has 1 amide bonds. The minimum atomic E-state index is -0.269. The molecule has 1 N–H and O–H groups in total. The van der Waals surface area contributed by atoms with E-state index < -0.39 is 0 Å². The molecule has 0 aliphatic carbocycles. The van der Waals surface area contributed by atoms with E-state index >= 15 is 0 Å². The normalized spacial score (nSPS) is 18.8. The third-order valence-electron chi connectivity index (χ3n) is 2.41. The second-order valence-electron chi connectivity index (χ2n) is 3.68. The average molecular weight is 237 g/mol. The number of amides is 1. The molecule has 1 aliphatic heterocycles. The van der Waals surface area contributed by atoms with Crippen LogP contribution in [0.4, 0.5) is 10.1 Å². The van der Waals surface area contributed by atoms with Crippen molar-refractivity contribution in [2.75, 3.05) is 11.1 Å². The highest BCUT2D eigenvalue weighted by molar-refractivity contribution is 8.02. The number of allylic oxidation sites excluding steroid dienone is 1. The molecule has 2 rings (SSSR count). The van der Waals surface area contributed by atoms with E-state index in [0.717, 1.165) is 11.3 Å². The Labute approximate surface area is 97.9 Å². The molecule has 84 valence electrons. The summed E-state index contributed by atoms with van der Waals surface area (Å²) in [6, 6.07) is 4.47. The Morgan fingerprint density at radius 2 is 2.38 bits per heavy atom. The van der Waals surface area contributed by atoms with E-state index in [-0.39, 0.29) is 17.6 Å². The first kappa shape index (κ1) is 11.2. The van der Waals surface area contributed by atoms with Gasteiger partial charge >= 0.3 is 0 Å². The molecule has 0 saturated heterocycles. The molecule has 1 unspecified atom stereocenters. The van der Waals surface area contributed by atoms with Crippen LogP contribution in [0.5, 0.6) is 0 Å². The van der Waals surface area contributed by atoms with E-state index in [2.05, 4.69) is 5.32 Å². The van der Waals surface area contributed by atoms with Crippen molar-refractivity contribution < 1.29 is 9.18 Å². The summed E-state index contributed by atoms with van der Waals surface area (Å²) in [5.74, 6) is 0.676. The lowest BCUT2D eigenvalue weighted by Crippen LogP contribution is -2.10. The number of hydrogen-bond acceptors (Lipinski definition) is 2. The lowest BCUT2D eigenvalue weighted by Gasteiger charge is -2.14. The summed E-state index contributed by atoms with van der Waals surface area (Å²) in [7, 11) is 0. The van der Waals surface area contributed by atoms with Crippen molar-refractivity contribution in [3.8, 4) is 0 Å². The van der Waals surface area contributed by atoms with E-state index in [0.29, 0.717) is 5.69 Å². The minimum Gasteiger partial charge on any atom is -0.326 e. The maximum absolute atomic E-state index is 13.2. The van der Waals surface area contributed by atoms with Gasteiger partial charge in [-0.15, -0.1) is 11.8 Å². The molecule has 1 aliphatic rings. The van der Waals surface area contributed by atoms with Gasteiger partial charge in [0.15, 0.2) is 0 Å². The van der Waals surface area contributed by atoms with Crippen molar-refractivity contribution in [3.63, 3.8) is 0 Å². The molecule has 16 heavy (non-hydrogen) atoms. The third-order valence-corrected chi connectivity index (χ3v) is 3.31. The van der Waals surface area contributed by atoms with Gasteiger partial charge in [0.2, 0.25) is 5.91 Å². The number of hydrogen-bond donors (Lipinski definition) is 1. The number of thioether (sulfide) groups is 1. The second kappa shape index (κ2) is 4.70. The zero-order valence-corrected chi connectivity index (χ0v) is 9.68. The fraction of sp³-hybridized carbons (Fsp3) is 0.250. The standard InChI is InChI=1S/C12H12FNOS/c1-8(15)14-12-3-2-10(13)6-11(12)9-4-5-16-7-9/h2-6,9H,7H2,1H3,(H,14,15). The van der Waals surface area contributed by atoms with Gasteiger partial charge in [0.25, 0.3) is 0 Å². The first-order chi connectivity index (χ1) is 7.66. The number of carbonyl (C=O) groups excluding carboxylic acids is 1. The van der Waals surface area contributed by atoms with E-state index in [9.17, 15) is 9.18 Å². The maximum atomic E-state index is 13.2. The molecule has 0 aromatic heterocycles. The molecule has 0 bridgehead atoms.